The van der Waals surface area contributed by atoms with E-state index < -0.39 is 0 Å². The van der Waals surface area contributed by atoms with Gasteiger partial charge in [-0.25, -0.2) is 4.98 Å². The van der Waals surface area contributed by atoms with Crippen LogP contribution in [0.25, 0.3) is 0 Å². The van der Waals surface area contributed by atoms with E-state index in [1.807, 2.05) is 0 Å². The standard InChI is InChI=1S/C9H11ClN2/c1-6-3-2-4-7-9(6)11-5-8(10)12-7/h5-6H,2-4H2,1H3. The maximum Gasteiger partial charge on any atom is 0.147 e. The van der Waals surface area contributed by atoms with Crippen molar-refractivity contribution in [3.05, 3.63) is 22.7 Å². The normalized spacial score (nSPS) is 22.0. The van der Waals surface area contributed by atoms with Gasteiger partial charge in [0.2, 0.25) is 0 Å². The Bertz CT molecular complexity index is 299. The van der Waals surface area contributed by atoms with Crippen LogP contribution in [0.4, 0.5) is 0 Å². The third kappa shape index (κ3) is 1.31. The van der Waals surface area contributed by atoms with Gasteiger partial charge in [0.05, 0.1) is 17.6 Å². The van der Waals surface area contributed by atoms with Crippen molar-refractivity contribution in [3.63, 3.8) is 0 Å². The Hall–Kier alpha value is -0.630. The van der Waals surface area contributed by atoms with Gasteiger partial charge in [-0.05, 0) is 19.3 Å². The maximum absolute atomic E-state index is 5.75. The van der Waals surface area contributed by atoms with Crippen molar-refractivity contribution in [2.24, 2.45) is 0 Å². The van der Waals surface area contributed by atoms with E-state index >= 15 is 0 Å². The van der Waals surface area contributed by atoms with Gasteiger partial charge >= 0.3 is 0 Å². The van der Waals surface area contributed by atoms with E-state index in [0.29, 0.717) is 11.1 Å². The number of nitrogens with zero attached hydrogens (tertiary/aromatic N) is 2. The second-order valence-electron chi connectivity index (χ2n) is 3.32. The topological polar surface area (TPSA) is 25.8 Å². The zero-order chi connectivity index (χ0) is 8.55. The first kappa shape index (κ1) is 7.99. The van der Waals surface area contributed by atoms with Crippen LogP contribution in [0.15, 0.2) is 6.20 Å². The molecule has 1 aromatic heterocycles. The summed E-state index contributed by atoms with van der Waals surface area (Å²) in [5.41, 5.74) is 2.24. The van der Waals surface area contributed by atoms with Crippen molar-refractivity contribution in [2.45, 2.75) is 32.1 Å². The summed E-state index contributed by atoms with van der Waals surface area (Å²) in [4.78, 5) is 8.57. The lowest BCUT2D eigenvalue weighted by Crippen LogP contribution is -2.11. The largest absolute Gasteiger partial charge is 0.256 e. The van der Waals surface area contributed by atoms with E-state index in [-0.39, 0.29) is 0 Å². The molecule has 1 atom stereocenters. The van der Waals surface area contributed by atoms with Crippen molar-refractivity contribution < 1.29 is 0 Å². The molecule has 0 bridgehead atoms. The van der Waals surface area contributed by atoms with Gasteiger partial charge in [-0.15, -0.1) is 0 Å². The molecule has 0 aromatic carbocycles. The Balaban J connectivity index is 2.46. The molecule has 0 fully saturated rings. The van der Waals surface area contributed by atoms with E-state index in [1.54, 1.807) is 6.20 Å². The molecule has 1 aromatic rings. The zero-order valence-corrected chi connectivity index (χ0v) is 7.80. The molecule has 1 unspecified atom stereocenters. The average molecular weight is 183 g/mol. The SMILES string of the molecule is CC1CCCc2nc(Cl)cnc21. The molecular formula is C9H11ClN2. The quantitative estimate of drug-likeness (QED) is 0.617. The van der Waals surface area contributed by atoms with Gasteiger partial charge < -0.3 is 0 Å². The monoisotopic (exact) mass is 182 g/mol. The van der Waals surface area contributed by atoms with Crippen LogP contribution in [-0.4, -0.2) is 9.97 Å². The highest BCUT2D eigenvalue weighted by Crippen LogP contribution is 2.28. The molecule has 1 heterocycles. The summed E-state index contributed by atoms with van der Waals surface area (Å²) in [7, 11) is 0. The van der Waals surface area contributed by atoms with Gasteiger partial charge in [-0.3, -0.25) is 4.98 Å². The van der Waals surface area contributed by atoms with Crippen LogP contribution in [0.5, 0.6) is 0 Å². The zero-order valence-electron chi connectivity index (χ0n) is 7.05. The van der Waals surface area contributed by atoms with E-state index in [0.717, 1.165) is 17.8 Å². The minimum atomic E-state index is 0.517. The van der Waals surface area contributed by atoms with Crippen LogP contribution >= 0.6 is 11.6 Å². The molecule has 0 aliphatic heterocycles. The van der Waals surface area contributed by atoms with Crippen LogP contribution in [0.2, 0.25) is 5.15 Å². The summed E-state index contributed by atoms with van der Waals surface area (Å²) < 4.78 is 0. The number of aromatic nitrogens is 2. The molecule has 0 N–H and O–H groups in total. The highest BCUT2D eigenvalue weighted by Gasteiger charge is 2.18. The van der Waals surface area contributed by atoms with Crippen LogP contribution in [0.1, 0.15) is 37.1 Å². The lowest BCUT2D eigenvalue weighted by molar-refractivity contribution is 0.561. The number of aryl methyl sites for hydroxylation is 1. The van der Waals surface area contributed by atoms with Crippen molar-refractivity contribution in [2.75, 3.05) is 0 Å². The van der Waals surface area contributed by atoms with Crippen molar-refractivity contribution >= 4 is 11.6 Å². The summed E-state index contributed by atoms with van der Waals surface area (Å²) in [5, 5.41) is 0.517. The number of halogens is 1. The minimum absolute atomic E-state index is 0.517. The summed E-state index contributed by atoms with van der Waals surface area (Å²) in [6.45, 7) is 2.20. The lowest BCUT2D eigenvalue weighted by atomic mass is 9.91. The highest BCUT2D eigenvalue weighted by atomic mass is 35.5. The third-order valence-electron chi connectivity index (χ3n) is 2.37. The van der Waals surface area contributed by atoms with Gasteiger partial charge in [0.1, 0.15) is 5.15 Å². The fourth-order valence-electron chi connectivity index (χ4n) is 1.72. The molecule has 0 saturated heterocycles. The van der Waals surface area contributed by atoms with Gasteiger partial charge in [0.15, 0.2) is 0 Å². The highest BCUT2D eigenvalue weighted by molar-refractivity contribution is 6.29. The molecule has 2 rings (SSSR count). The smallest absolute Gasteiger partial charge is 0.147 e. The summed E-state index contributed by atoms with van der Waals surface area (Å²) in [6, 6.07) is 0. The molecule has 0 spiro atoms. The van der Waals surface area contributed by atoms with Crippen LogP contribution < -0.4 is 0 Å². The van der Waals surface area contributed by atoms with Crippen molar-refractivity contribution in [3.8, 4) is 0 Å². The van der Waals surface area contributed by atoms with E-state index in [2.05, 4.69) is 16.9 Å². The first-order valence-corrected chi connectivity index (χ1v) is 4.66. The van der Waals surface area contributed by atoms with Crippen LogP contribution in [0.3, 0.4) is 0 Å². The molecule has 0 radical (unpaired) electrons. The van der Waals surface area contributed by atoms with Crippen LogP contribution in [-0.2, 0) is 6.42 Å². The van der Waals surface area contributed by atoms with Gasteiger partial charge in [0, 0.05) is 5.92 Å². The molecule has 0 saturated carbocycles. The van der Waals surface area contributed by atoms with Crippen LogP contribution in [0, 0.1) is 0 Å². The first-order chi connectivity index (χ1) is 5.77. The maximum atomic E-state index is 5.75. The van der Waals surface area contributed by atoms with Crippen molar-refractivity contribution in [1.82, 2.24) is 9.97 Å². The van der Waals surface area contributed by atoms with Gasteiger partial charge in [-0.1, -0.05) is 18.5 Å². The molecule has 1 aliphatic rings. The number of fused-ring (bicyclic) bond motifs is 1. The molecular weight excluding hydrogens is 172 g/mol. The first-order valence-electron chi connectivity index (χ1n) is 4.28. The summed E-state index contributed by atoms with van der Waals surface area (Å²) >= 11 is 5.75. The predicted octanol–water partition coefficient (Wildman–Crippen LogP) is 2.57. The Morgan fingerprint density at radius 2 is 2.42 bits per heavy atom. The van der Waals surface area contributed by atoms with Gasteiger partial charge in [0.25, 0.3) is 0 Å². The Kier molecular flexibility index (Phi) is 2.01. The number of rotatable bonds is 0. The number of hydrogen-bond donors (Lipinski definition) is 0. The predicted molar refractivity (Wildman–Crippen MR) is 48.4 cm³/mol. The average Bonchev–Trinajstić information content (AvgIpc) is 2.04. The van der Waals surface area contributed by atoms with Gasteiger partial charge in [-0.2, -0.15) is 0 Å². The molecule has 0 amide bonds. The second-order valence-corrected chi connectivity index (χ2v) is 3.71. The lowest BCUT2D eigenvalue weighted by Gasteiger charge is -2.19. The molecule has 3 heteroatoms. The van der Waals surface area contributed by atoms with Crippen molar-refractivity contribution in [1.29, 1.82) is 0 Å². The fraction of sp³-hybridized carbons (Fsp3) is 0.556. The molecule has 64 valence electrons. The summed E-state index contributed by atoms with van der Waals surface area (Å²) in [5.74, 6) is 0.554. The van der Waals surface area contributed by atoms with E-state index in [9.17, 15) is 0 Å². The second kappa shape index (κ2) is 3.02. The Morgan fingerprint density at radius 1 is 1.58 bits per heavy atom. The van der Waals surface area contributed by atoms with E-state index in [1.165, 1.54) is 12.8 Å². The molecule has 2 nitrogen and oxygen atoms in total. The summed E-state index contributed by atoms with van der Waals surface area (Å²) in [6.07, 6.45) is 5.11. The Labute approximate surface area is 77.0 Å². The fourth-order valence-corrected chi connectivity index (χ4v) is 1.87. The molecule has 1 aliphatic carbocycles. The number of hydrogen-bond acceptors (Lipinski definition) is 2. The van der Waals surface area contributed by atoms with E-state index in [4.69, 9.17) is 11.6 Å². The minimum Gasteiger partial charge on any atom is -0.256 e. The third-order valence-corrected chi connectivity index (χ3v) is 2.55. The molecule has 12 heavy (non-hydrogen) atoms. The Morgan fingerprint density at radius 3 is 3.25 bits per heavy atom.